The van der Waals surface area contributed by atoms with Crippen LogP contribution in [0.2, 0.25) is 0 Å². The minimum atomic E-state index is -0.658. The second-order valence-electron chi connectivity index (χ2n) is 6.07. The quantitative estimate of drug-likeness (QED) is 0.571. The Morgan fingerprint density at radius 2 is 1.83 bits per heavy atom. The van der Waals surface area contributed by atoms with Crippen molar-refractivity contribution in [2.45, 2.75) is 6.42 Å². The average Bonchev–Trinajstić information content (AvgIpc) is 3.24. The first-order chi connectivity index (χ1) is 14.0. The number of ether oxygens (including phenoxy) is 2. The number of thiazole rings is 1. The van der Waals surface area contributed by atoms with Crippen molar-refractivity contribution in [3.8, 4) is 16.3 Å². The van der Waals surface area contributed by atoms with E-state index in [0.717, 1.165) is 16.9 Å². The van der Waals surface area contributed by atoms with E-state index >= 15 is 0 Å². The largest absolute Gasteiger partial charge is 0.497 e. The number of esters is 1. The first-order valence-corrected chi connectivity index (χ1v) is 9.71. The number of benzene rings is 2. The standard InChI is InChI=1S/C21H19FN2O4S/c1-27-17-8-4-15(5-9-17)20-24-18(13-29-20)21(26)28-12-19(25)23-11-10-14-2-6-16(22)7-3-14/h2-9,13H,10-12H2,1H3,(H,23,25). The number of methoxy groups -OCH3 is 1. The normalized spacial score (nSPS) is 10.4. The van der Waals surface area contributed by atoms with Gasteiger partial charge >= 0.3 is 5.97 Å². The molecule has 0 aliphatic rings. The van der Waals surface area contributed by atoms with Gasteiger partial charge in [-0.05, 0) is 48.4 Å². The number of carbonyl (C=O) groups excluding carboxylic acids is 2. The van der Waals surface area contributed by atoms with Crippen molar-refractivity contribution in [1.82, 2.24) is 10.3 Å². The summed E-state index contributed by atoms with van der Waals surface area (Å²) >= 11 is 1.31. The molecule has 0 atom stereocenters. The molecule has 8 heteroatoms. The Morgan fingerprint density at radius 3 is 2.52 bits per heavy atom. The van der Waals surface area contributed by atoms with Crippen molar-refractivity contribution in [1.29, 1.82) is 0 Å². The number of nitrogens with zero attached hydrogens (tertiary/aromatic N) is 1. The van der Waals surface area contributed by atoms with Crippen LogP contribution in [0.5, 0.6) is 5.75 Å². The van der Waals surface area contributed by atoms with Gasteiger partial charge in [0.1, 0.15) is 16.6 Å². The van der Waals surface area contributed by atoms with E-state index in [1.54, 1.807) is 24.6 Å². The number of rotatable bonds is 8. The van der Waals surface area contributed by atoms with Gasteiger partial charge in [0.2, 0.25) is 0 Å². The molecule has 1 heterocycles. The van der Waals surface area contributed by atoms with Gasteiger partial charge in [-0.3, -0.25) is 4.79 Å². The number of amides is 1. The third-order valence-electron chi connectivity index (χ3n) is 4.03. The molecule has 0 radical (unpaired) electrons. The van der Waals surface area contributed by atoms with Gasteiger partial charge in [-0.1, -0.05) is 12.1 Å². The van der Waals surface area contributed by atoms with Crippen LogP contribution < -0.4 is 10.1 Å². The number of hydrogen-bond acceptors (Lipinski definition) is 6. The molecule has 0 saturated heterocycles. The molecular formula is C21H19FN2O4S. The van der Waals surface area contributed by atoms with E-state index < -0.39 is 18.5 Å². The summed E-state index contributed by atoms with van der Waals surface area (Å²) in [5.41, 5.74) is 1.91. The van der Waals surface area contributed by atoms with Gasteiger partial charge in [0.15, 0.2) is 12.3 Å². The second-order valence-corrected chi connectivity index (χ2v) is 6.93. The van der Waals surface area contributed by atoms with Gasteiger partial charge in [0.05, 0.1) is 7.11 Å². The summed E-state index contributed by atoms with van der Waals surface area (Å²) in [7, 11) is 1.59. The molecule has 2 aromatic carbocycles. The highest BCUT2D eigenvalue weighted by Crippen LogP contribution is 2.25. The maximum Gasteiger partial charge on any atom is 0.358 e. The molecule has 0 bridgehead atoms. The van der Waals surface area contributed by atoms with Crippen molar-refractivity contribution in [2.75, 3.05) is 20.3 Å². The van der Waals surface area contributed by atoms with E-state index in [-0.39, 0.29) is 11.5 Å². The summed E-state index contributed by atoms with van der Waals surface area (Å²) in [6.45, 7) is -0.0298. The third kappa shape index (κ3) is 5.86. The first-order valence-electron chi connectivity index (χ1n) is 8.83. The molecule has 3 aromatic rings. The Bertz CT molecular complexity index is 971. The number of halogens is 1. The third-order valence-corrected chi connectivity index (χ3v) is 4.93. The maximum atomic E-state index is 12.9. The Hall–Kier alpha value is -3.26. The van der Waals surface area contributed by atoms with Crippen LogP contribution in [0.25, 0.3) is 10.6 Å². The van der Waals surface area contributed by atoms with Crippen molar-refractivity contribution in [3.05, 3.63) is 71.0 Å². The fraction of sp³-hybridized carbons (Fsp3) is 0.190. The average molecular weight is 414 g/mol. The summed E-state index contributed by atoms with van der Waals surface area (Å²) in [6, 6.07) is 13.4. The molecule has 1 amide bonds. The lowest BCUT2D eigenvalue weighted by Gasteiger charge is -2.06. The van der Waals surface area contributed by atoms with Gasteiger partial charge in [-0.25, -0.2) is 14.2 Å². The van der Waals surface area contributed by atoms with Crippen LogP contribution in [0.1, 0.15) is 16.1 Å². The van der Waals surface area contributed by atoms with Crippen molar-refractivity contribution in [3.63, 3.8) is 0 Å². The van der Waals surface area contributed by atoms with Gasteiger partial charge in [0.25, 0.3) is 5.91 Å². The molecule has 1 N–H and O–H groups in total. The zero-order chi connectivity index (χ0) is 20.6. The Balaban J connectivity index is 1.44. The number of nitrogens with one attached hydrogen (secondary N) is 1. The SMILES string of the molecule is COc1ccc(-c2nc(C(=O)OCC(=O)NCCc3ccc(F)cc3)cs2)cc1. The van der Waals surface area contributed by atoms with E-state index in [2.05, 4.69) is 10.3 Å². The summed E-state index contributed by atoms with van der Waals surface area (Å²) in [6.07, 6.45) is 0.553. The molecule has 3 rings (SSSR count). The van der Waals surface area contributed by atoms with E-state index in [4.69, 9.17) is 9.47 Å². The summed E-state index contributed by atoms with van der Waals surface area (Å²) in [5.74, 6) is -0.641. The topological polar surface area (TPSA) is 77.5 Å². The summed E-state index contributed by atoms with van der Waals surface area (Å²) in [5, 5.41) is 4.92. The zero-order valence-corrected chi connectivity index (χ0v) is 16.5. The van der Waals surface area contributed by atoms with Crippen molar-refractivity contribution >= 4 is 23.2 Å². The van der Waals surface area contributed by atoms with E-state index in [0.29, 0.717) is 18.0 Å². The minimum absolute atomic E-state index is 0.153. The molecule has 150 valence electrons. The summed E-state index contributed by atoms with van der Waals surface area (Å²) in [4.78, 5) is 28.2. The molecule has 6 nitrogen and oxygen atoms in total. The van der Waals surface area contributed by atoms with Gasteiger partial charge in [-0.15, -0.1) is 11.3 Å². The minimum Gasteiger partial charge on any atom is -0.497 e. The Kier molecular flexibility index (Phi) is 6.91. The first kappa shape index (κ1) is 20.5. The van der Waals surface area contributed by atoms with Crippen LogP contribution in [0.15, 0.2) is 53.9 Å². The predicted octanol–water partition coefficient (Wildman–Crippen LogP) is 3.47. The van der Waals surface area contributed by atoms with Gasteiger partial charge in [0, 0.05) is 17.5 Å². The maximum absolute atomic E-state index is 12.9. The van der Waals surface area contributed by atoms with Gasteiger partial charge < -0.3 is 14.8 Å². The van der Waals surface area contributed by atoms with Crippen LogP contribution in [-0.4, -0.2) is 37.1 Å². The Labute approximate surface area is 171 Å². The molecular weight excluding hydrogens is 395 g/mol. The fourth-order valence-corrected chi connectivity index (χ4v) is 3.28. The molecule has 0 aliphatic carbocycles. The summed E-state index contributed by atoms with van der Waals surface area (Å²) < 4.78 is 23.0. The number of hydrogen-bond donors (Lipinski definition) is 1. The molecule has 0 spiro atoms. The fourth-order valence-electron chi connectivity index (χ4n) is 2.49. The van der Waals surface area contributed by atoms with Crippen molar-refractivity contribution in [2.24, 2.45) is 0 Å². The predicted molar refractivity (Wildman–Crippen MR) is 107 cm³/mol. The van der Waals surface area contributed by atoms with Crippen molar-refractivity contribution < 1.29 is 23.5 Å². The smallest absolute Gasteiger partial charge is 0.358 e. The lowest BCUT2D eigenvalue weighted by molar-refractivity contribution is -0.124. The van der Waals surface area contributed by atoms with Crippen LogP contribution >= 0.6 is 11.3 Å². The van der Waals surface area contributed by atoms with Crippen LogP contribution in [0, 0.1) is 5.82 Å². The molecule has 0 unspecified atom stereocenters. The molecule has 0 fully saturated rings. The lowest BCUT2D eigenvalue weighted by Crippen LogP contribution is -2.30. The van der Waals surface area contributed by atoms with Gasteiger partial charge in [-0.2, -0.15) is 0 Å². The highest BCUT2D eigenvalue weighted by atomic mass is 32.1. The highest BCUT2D eigenvalue weighted by molar-refractivity contribution is 7.13. The monoisotopic (exact) mass is 414 g/mol. The second kappa shape index (κ2) is 9.79. The van der Waals surface area contributed by atoms with Crippen LogP contribution in [-0.2, 0) is 16.0 Å². The Morgan fingerprint density at radius 1 is 1.10 bits per heavy atom. The lowest BCUT2D eigenvalue weighted by atomic mass is 10.1. The zero-order valence-electron chi connectivity index (χ0n) is 15.7. The highest BCUT2D eigenvalue weighted by Gasteiger charge is 2.15. The van der Waals surface area contributed by atoms with E-state index in [1.165, 1.54) is 23.5 Å². The molecule has 29 heavy (non-hydrogen) atoms. The number of carbonyl (C=O) groups is 2. The van der Waals surface area contributed by atoms with E-state index in [1.807, 2.05) is 24.3 Å². The number of aromatic nitrogens is 1. The van der Waals surface area contributed by atoms with Crippen LogP contribution in [0.4, 0.5) is 4.39 Å². The van der Waals surface area contributed by atoms with Crippen LogP contribution in [0.3, 0.4) is 0 Å². The molecule has 1 aromatic heterocycles. The van der Waals surface area contributed by atoms with E-state index in [9.17, 15) is 14.0 Å². The molecule has 0 saturated carbocycles. The molecule has 0 aliphatic heterocycles.